The van der Waals surface area contributed by atoms with E-state index in [9.17, 15) is 0 Å². The van der Waals surface area contributed by atoms with E-state index in [0.29, 0.717) is 11.8 Å². The van der Waals surface area contributed by atoms with Crippen LogP contribution in [-0.4, -0.2) is 12.2 Å². The zero-order valence-corrected chi connectivity index (χ0v) is 19.4. The minimum absolute atomic E-state index is 0.239. The predicted octanol–water partition coefficient (Wildman–Crippen LogP) is 7.44. The van der Waals surface area contributed by atoms with Crippen LogP contribution in [0.2, 0.25) is 0 Å². The fourth-order valence-electron chi connectivity index (χ4n) is 4.48. The Morgan fingerprint density at radius 2 is 1.06 bits per heavy atom. The molecule has 6 unspecified atom stereocenters. The van der Waals surface area contributed by atoms with Crippen LogP contribution >= 0.6 is 0 Å². The first kappa shape index (κ1) is 22.0. The molecule has 0 N–H and O–H groups in total. The van der Waals surface area contributed by atoms with Crippen molar-refractivity contribution in [1.82, 2.24) is 0 Å². The topological polar surface area (TPSA) is 25.1 Å². The van der Waals surface area contributed by atoms with Crippen molar-refractivity contribution in [3.63, 3.8) is 0 Å². The maximum Gasteiger partial charge on any atom is 0.109 e. The first-order valence-electron chi connectivity index (χ1n) is 11.6. The molecule has 0 spiro atoms. The van der Waals surface area contributed by atoms with Crippen molar-refractivity contribution in [3.05, 3.63) is 95.1 Å². The number of hydrogen-bond donors (Lipinski definition) is 0. The van der Waals surface area contributed by atoms with Crippen LogP contribution in [0.3, 0.4) is 0 Å². The zero-order chi connectivity index (χ0) is 22.1. The van der Waals surface area contributed by atoms with Crippen molar-refractivity contribution in [2.75, 3.05) is 0 Å². The maximum absolute atomic E-state index is 5.94. The van der Waals surface area contributed by atoms with Gasteiger partial charge in [-0.1, -0.05) is 97.8 Å². The third-order valence-corrected chi connectivity index (χ3v) is 7.00. The van der Waals surface area contributed by atoms with E-state index < -0.39 is 0 Å². The van der Waals surface area contributed by atoms with E-state index in [1.165, 1.54) is 33.4 Å². The van der Waals surface area contributed by atoms with Gasteiger partial charge in [0.1, 0.15) is 12.2 Å². The fraction of sp³-hybridized carbons (Fsp3) is 0.448. The van der Waals surface area contributed by atoms with Crippen LogP contribution in [0.5, 0.6) is 0 Å². The van der Waals surface area contributed by atoms with E-state index in [4.69, 9.17) is 9.47 Å². The van der Waals surface area contributed by atoms with Crippen LogP contribution < -0.4 is 0 Å². The van der Waals surface area contributed by atoms with Gasteiger partial charge in [0.2, 0.25) is 0 Å². The van der Waals surface area contributed by atoms with Gasteiger partial charge in [0.15, 0.2) is 0 Å². The molecule has 164 valence electrons. The first-order valence-corrected chi connectivity index (χ1v) is 11.6. The molecule has 2 heterocycles. The van der Waals surface area contributed by atoms with Gasteiger partial charge >= 0.3 is 0 Å². The van der Waals surface area contributed by atoms with E-state index in [1.54, 1.807) is 0 Å². The molecule has 6 atom stereocenters. The number of ether oxygens (including phenoxy) is 2. The highest BCUT2D eigenvalue weighted by atomic mass is 16.6. The highest BCUT2D eigenvalue weighted by Crippen LogP contribution is 2.45. The molecule has 2 fully saturated rings. The minimum Gasteiger partial charge on any atom is -0.364 e. The molecular weight excluding hydrogens is 380 g/mol. The van der Waals surface area contributed by atoms with Crippen molar-refractivity contribution in [2.24, 2.45) is 11.8 Å². The quantitative estimate of drug-likeness (QED) is 0.297. The molecule has 2 nitrogen and oxygen atoms in total. The Kier molecular flexibility index (Phi) is 6.50. The third kappa shape index (κ3) is 5.56. The molecule has 0 aromatic heterocycles. The van der Waals surface area contributed by atoms with Gasteiger partial charge in [-0.25, -0.2) is 0 Å². The molecule has 2 aliphatic heterocycles. The largest absolute Gasteiger partial charge is 0.364 e. The predicted molar refractivity (Wildman–Crippen MR) is 128 cm³/mol. The molecule has 0 bridgehead atoms. The molecule has 2 aromatic carbocycles. The summed E-state index contributed by atoms with van der Waals surface area (Å²) < 4.78 is 11.9. The van der Waals surface area contributed by atoms with Gasteiger partial charge in [0.05, 0.1) is 12.2 Å². The summed E-state index contributed by atoms with van der Waals surface area (Å²) in [5.41, 5.74) is 7.72. The first-order chi connectivity index (χ1) is 14.8. The van der Waals surface area contributed by atoms with Gasteiger partial charge in [-0.3, -0.25) is 0 Å². The Balaban J connectivity index is 1.20. The second-order valence-corrected chi connectivity index (χ2v) is 9.77. The summed E-state index contributed by atoms with van der Waals surface area (Å²) in [6.07, 6.45) is 4.02. The fourth-order valence-corrected chi connectivity index (χ4v) is 4.48. The summed E-state index contributed by atoms with van der Waals surface area (Å²) in [5.74, 6) is 0.922. The van der Waals surface area contributed by atoms with Crippen molar-refractivity contribution >= 4 is 0 Å². The van der Waals surface area contributed by atoms with Crippen molar-refractivity contribution in [3.8, 4) is 0 Å². The normalized spacial score (nSPS) is 26.2. The monoisotopic (exact) mass is 416 g/mol. The summed E-state index contributed by atoms with van der Waals surface area (Å²) in [7, 11) is 0. The van der Waals surface area contributed by atoms with Gasteiger partial charge in [-0.15, -0.1) is 0 Å². The summed E-state index contributed by atoms with van der Waals surface area (Å²) in [6.45, 7) is 17.6. The molecule has 0 aliphatic carbocycles. The Hall–Kier alpha value is -2.16. The second-order valence-electron chi connectivity index (χ2n) is 9.77. The number of epoxide rings is 2. The van der Waals surface area contributed by atoms with E-state index in [0.717, 1.165) is 19.3 Å². The minimum atomic E-state index is 0.239. The number of benzene rings is 2. The lowest BCUT2D eigenvalue weighted by molar-refractivity contribution is 0.361. The Bertz CT molecular complexity index is 847. The van der Waals surface area contributed by atoms with Crippen LogP contribution in [0.1, 0.15) is 67.6 Å². The van der Waals surface area contributed by atoms with Crippen LogP contribution in [0, 0.1) is 25.7 Å². The van der Waals surface area contributed by atoms with Crippen LogP contribution in [0.25, 0.3) is 0 Å². The molecular formula is C29H36O2. The molecule has 0 saturated carbocycles. The van der Waals surface area contributed by atoms with E-state index in [-0.39, 0.29) is 24.4 Å². The van der Waals surface area contributed by atoms with Crippen LogP contribution in [0.4, 0.5) is 0 Å². The standard InChI is InChI=1S/C29H36O2/c1-18-7-11-24(12-8-18)28-26(30-28)16-22(5)20(3)15-21(4)23(6)17-27-29(31-27)25-13-9-19(2)10-14-25/h7-14,20-21,26-29H,5-6,15-17H2,1-4H3. The second kappa shape index (κ2) is 9.14. The third-order valence-electron chi connectivity index (χ3n) is 7.00. The summed E-state index contributed by atoms with van der Waals surface area (Å²) in [4.78, 5) is 0. The highest BCUT2D eigenvalue weighted by molar-refractivity contribution is 5.28. The average molecular weight is 417 g/mol. The number of aryl methyl sites for hydroxylation is 2. The van der Waals surface area contributed by atoms with Gasteiger partial charge in [-0.05, 0) is 56.1 Å². The van der Waals surface area contributed by atoms with Crippen LogP contribution in [0.15, 0.2) is 72.8 Å². The molecule has 0 amide bonds. The highest BCUT2D eigenvalue weighted by Gasteiger charge is 2.41. The van der Waals surface area contributed by atoms with E-state index in [1.807, 2.05) is 0 Å². The van der Waals surface area contributed by atoms with Gasteiger partial charge in [-0.2, -0.15) is 0 Å². The lowest BCUT2D eigenvalue weighted by atomic mass is 9.84. The zero-order valence-electron chi connectivity index (χ0n) is 19.4. The van der Waals surface area contributed by atoms with E-state index >= 15 is 0 Å². The molecule has 2 saturated heterocycles. The average Bonchev–Trinajstić information content (AvgIpc) is 3.66. The molecule has 2 heteroatoms. The lowest BCUT2D eigenvalue weighted by Gasteiger charge is -2.21. The molecule has 2 aromatic rings. The Morgan fingerprint density at radius 3 is 1.42 bits per heavy atom. The summed E-state index contributed by atoms with van der Waals surface area (Å²) in [5, 5.41) is 0. The van der Waals surface area contributed by atoms with Crippen LogP contribution in [-0.2, 0) is 9.47 Å². The number of hydrogen-bond acceptors (Lipinski definition) is 2. The van der Waals surface area contributed by atoms with E-state index in [2.05, 4.69) is 89.4 Å². The van der Waals surface area contributed by atoms with Gasteiger partial charge < -0.3 is 9.47 Å². The molecule has 4 rings (SSSR count). The summed E-state index contributed by atoms with van der Waals surface area (Å²) >= 11 is 0. The molecule has 2 aliphatic rings. The Morgan fingerprint density at radius 1 is 0.710 bits per heavy atom. The van der Waals surface area contributed by atoms with Gasteiger partial charge in [0.25, 0.3) is 0 Å². The van der Waals surface area contributed by atoms with Crippen molar-refractivity contribution in [1.29, 1.82) is 0 Å². The van der Waals surface area contributed by atoms with Crippen molar-refractivity contribution < 1.29 is 9.47 Å². The Labute approximate surface area is 188 Å². The van der Waals surface area contributed by atoms with Gasteiger partial charge in [0, 0.05) is 0 Å². The maximum atomic E-state index is 5.94. The number of rotatable bonds is 10. The molecule has 0 radical (unpaired) electrons. The summed E-state index contributed by atoms with van der Waals surface area (Å²) in [6, 6.07) is 17.4. The molecule has 31 heavy (non-hydrogen) atoms. The van der Waals surface area contributed by atoms with Crippen molar-refractivity contribution in [2.45, 2.75) is 71.4 Å². The SMILES string of the molecule is C=C(CC1OC1c1ccc(C)cc1)C(C)CC(C)C(=C)CC1OC1c1ccc(C)cc1. The smallest absolute Gasteiger partial charge is 0.109 e. The lowest BCUT2D eigenvalue weighted by Crippen LogP contribution is -2.10.